The normalized spacial score (nSPS) is 11.1. The third-order valence-electron chi connectivity index (χ3n) is 2.79. The van der Waals surface area contributed by atoms with Crippen LogP contribution in [0.5, 0.6) is 0 Å². The molecule has 3 aromatic rings. The highest BCUT2D eigenvalue weighted by atomic mass is 35.5. The van der Waals surface area contributed by atoms with E-state index in [1.54, 1.807) is 16.7 Å². The number of aromatic nitrogens is 2. The molecule has 2 aromatic carbocycles. The predicted molar refractivity (Wildman–Crippen MR) is 78.4 cm³/mol. The van der Waals surface area contributed by atoms with Gasteiger partial charge in [-0.1, -0.05) is 29.3 Å². The van der Waals surface area contributed by atoms with Gasteiger partial charge in [0.2, 0.25) is 0 Å². The van der Waals surface area contributed by atoms with Crippen molar-refractivity contribution in [3.05, 3.63) is 57.0 Å². The quantitative estimate of drug-likeness (QED) is 0.617. The number of rotatable bonds is 1. The fourth-order valence-electron chi connectivity index (χ4n) is 1.97. The molecular formula is C13H7Cl2FN2S. The second-order valence-corrected chi connectivity index (χ2v) is 5.26. The molecule has 3 rings (SSSR count). The van der Waals surface area contributed by atoms with Crippen molar-refractivity contribution < 1.29 is 4.39 Å². The average Bonchev–Trinajstić information content (AvgIpc) is 2.65. The maximum absolute atomic E-state index is 13.6. The summed E-state index contributed by atoms with van der Waals surface area (Å²) in [6.07, 6.45) is 0. The van der Waals surface area contributed by atoms with Crippen LogP contribution in [0, 0.1) is 10.6 Å². The number of fused-ring (bicyclic) bond motifs is 1. The second kappa shape index (κ2) is 4.63. The molecule has 0 saturated carbocycles. The number of hydrogen-bond acceptors (Lipinski definition) is 1. The first kappa shape index (κ1) is 12.7. The van der Waals surface area contributed by atoms with Gasteiger partial charge in [-0.15, -0.1) is 0 Å². The van der Waals surface area contributed by atoms with E-state index in [4.69, 9.17) is 35.4 Å². The van der Waals surface area contributed by atoms with E-state index in [1.807, 2.05) is 12.1 Å². The Labute approximate surface area is 123 Å². The largest absolute Gasteiger partial charge is 0.330 e. The molecule has 0 spiro atoms. The van der Waals surface area contributed by atoms with Crippen LogP contribution in [0.1, 0.15) is 0 Å². The maximum Gasteiger partial charge on any atom is 0.182 e. The van der Waals surface area contributed by atoms with Crippen molar-refractivity contribution in [2.45, 2.75) is 0 Å². The Morgan fingerprint density at radius 2 is 1.95 bits per heavy atom. The SMILES string of the molecule is Fc1cc2c(cc1Cl)[nH]c(=S)n2-c1cccc(Cl)c1. The summed E-state index contributed by atoms with van der Waals surface area (Å²) in [5, 5.41) is 0.644. The molecule has 96 valence electrons. The van der Waals surface area contributed by atoms with Gasteiger partial charge in [0.05, 0.1) is 16.1 Å². The molecule has 0 aliphatic rings. The van der Waals surface area contributed by atoms with Crippen LogP contribution in [-0.2, 0) is 0 Å². The molecule has 0 aliphatic carbocycles. The van der Waals surface area contributed by atoms with E-state index in [2.05, 4.69) is 4.98 Å². The fourth-order valence-corrected chi connectivity index (χ4v) is 2.64. The summed E-state index contributed by atoms with van der Waals surface area (Å²) in [6, 6.07) is 10.1. The van der Waals surface area contributed by atoms with E-state index >= 15 is 0 Å². The van der Waals surface area contributed by atoms with E-state index in [0.717, 1.165) is 5.69 Å². The molecule has 1 heterocycles. The first-order valence-corrected chi connectivity index (χ1v) is 6.58. The second-order valence-electron chi connectivity index (χ2n) is 4.03. The first-order chi connectivity index (χ1) is 9.06. The Morgan fingerprint density at radius 3 is 2.68 bits per heavy atom. The van der Waals surface area contributed by atoms with Gasteiger partial charge in [0.25, 0.3) is 0 Å². The van der Waals surface area contributed by atoms with E-state index < -0.39 is 5.82 Å². The molecule has 0 unspecified atom stereocenters. The number of nitrogens with zero attached hydrogens (tertiary/aromatic N) is 1. The van der Waals surface area contributed by atoms with Crippen molar-refractivity contribution in [3.63, 3.8) is 0 Å². The molecule has 19 heavy (non-hydrogen) atoms. The van der Waals surface area contributed by atoms with Crippen molar-refractivity contribution in [2.24, 2.45) is 0 Å². The van der Waals surface area contributed by atoms with E-state index in [9.17, 15) is 4.39 Å². The van der Waals surface area contributed by atoms with Crippen molar-refractivity contribution in [1.82, 2.24) is 9.55 Å². The van der Waals surface area contributed by atoms with E-state index in [0.29, 0.717) is 20.8 Å². The number of benzene rings is 2. The standard InChI is InChI=1S/C13H7Cl2FN2S/c14-7-2-1-3-8(4-7)18-12-6-10(16)9(15)5-11(12)17-13(18)19/h1-6H,(H,17,19). The Hall–Kier alpha value is -1.36. The minimum absolute atomic E-state index is 0.0574. The molecule has 0 bridgehead atoms. The zero-order valence-corrected chi connectivity index (χ0v) is 11.8. The zero-order chi connectivity index (χ0) is 13.6. The third-order valence-corrected chi connectivity index (χ3v) is 3.60. The minimum atomic E-state index is -0.487. The average molecular weight is 313 g/mol. The van der Waals surface area contributed by atoms with Crippen LogP contribution in [0.4, 0.5) is 4.39 Å². The van der Waals surface area contributed by atoms with Gasteiger partial charge in [-0.2, -0.15) is 0 Å². The summed E-state index contributed by atoms with van der Waals surface area (Å²) in [7, 11) is 0. The Bertz CT molecular complexity index is 838. The number of hydrogen-bond donors (Lipinski definition) is 1. The van der Waals surface area contributed by atoms with Crippen LogP contribution < -0.4 is 0 Å². The van der Waals surface area contributed by atoms with Gasteiger partial charge in [0.1, 0.15) is 5.82 Å². The smallest absolute Gasteiger partial charge is 0.182 e. The van der Waals surface area contributed by atoms with Crippen molar-refractivity contribution in [3.8, 4) is 5.69 Å². The van der Waals surface area contributed by atoms with Crippen LogP contribution in [0.3, 0.4) is 0 Å². The highest BCUT2D eigenvalue weighted by Gasteiger charge is 2.10. The molecule has 0 radical (unpaired) electrons. The van der Waals surface area contributed by atoms with Gasteiger partial charge in [-0.05, 0) is 36.5 Å². The molecule has 0 saturated heterocycles. The first-order valence-electron chi connectivity index (χ1n) is 5.42. The number of imidazole rings is 1. The Morgan fingerprint density at radius 1 is 1.16 bits per heavy atom. The summed E-state index contributed by atoms with van der Waals surface area (Å²) in [4.78, 5) is 3.00. The predicted octanol–water partition coefficient (Wildman–Crippen LogP) is 5.13. The van der Waals surface area contributed by atoms with Crippen LogP contribution >= 0.6 is 35.4 Å². The lowest BCUT2D eigenvalue weighted by Crippen LogP contribution is -1.94. The molecule has 1 aromatic heterocycles. The van der Waals surface area contributed by atoms with Crippen molar-refractivity contribution >= 4 is 46.5 Å². The summed E-state index contributed by atoms with van der Waals surface area (Å²) >= 11 is 17.0. The summed E-state index contributed by atoms with van der Waals surface area (Å²) in [6.45, 7) is 0. The summed E-state index contributed by atoms with van der Waals surface area (Å²) < 4.78 is 15.8. The van der Waals surface area contributed by atoms with Gasteiger partial charge in [0.15, 0.2) is 4.77 Å². The van der Waals surface area contributed by atoms with Gasteiger partial charge in [0, 0.05) is 16.8 Å². The lowest BCUT2D eigenvalue weighted by atomic mass is 10.2. The van der Waals surface area contributed by atoms with Gasteiger partial charge in [-0.25, -0.2) is 4.39 Å². The monoisotopic (exact) mass is 312 g/mol. The maximum atomic E-state index is 13.6. The van der Waals surface area contributed by atoms with Crippen molar-refractivity contribution in [2.75, 3.05) is 0 Å². The molecule has 0 amide bonds. The Balaban J connectivity index is 2.38. The van der Waals surface area contributed by atoms with Crippen LogP contribution in [0.15, 0.2) is 36.4 Å². The molecule has 0 fully saturated rings. The number of aromatic amines is 1. The number of halogens is 3. The van der Waals surface area contributed by atoms with E-state index in [-0.39, 0.29) is 5.02 Å². The number of nitrogens with one attached hydrogen (secondary N) is 1. The van der Waals surface area contributed by atoms with Crippen LogP contribution in [0.25, 0.3) is 16.7 Å². The highest BCUT2D eigenvalue weighted by Crippen LogP contribution is 2.26. The molecule has 0 atom stereocenters. The van der Waals surface area contributed by atoms with Gasteiger partial charge < -0.3 is 4.98 Å². The molecule has 1 N–H and O–H groups in total. The van der Waals surface area contributed by atoms with Gasteiger partial charge >= 0.3 is 0 Å². The summed E-state index contributed by atoms with van der Waals surface area (Å²) in [5.41, 5.74) is 2.07. The van der Waals surface area contributed by atoms with Crippen LogP contribution in [-0.4, -0.2) is 9.55 Å². The summed E-state index contributed by atoms with van der Waals surface area (Å²) in [5.74, 6) is -0.487. The molecule has 0 aliphatic heterocycles. The van der Waals surface area contributed by atoms with E-state index in [1.165, 1.54) is 12.1 Å². The zero-order valence-electron chi connectivity index (χ0n) is 9.45. The Kier molecular flexibility index (Phi) is 3.09. The molecule has 6 heteroatoms. The highest BCUT2D eigenvalue weighted by molar-refractivity contribution is 7.71. The topological polar surface area (TPSA) is 20.7 Å². The van der Waals surface area contributed by atoms with Gasteiger partial charge in [-0.3, -0.25) is 4.57 Å². The third kappa shape index (κ3) is 2.16. The number of H-pyrrole nitrogens is 1. The lowest BCUT2D eigenvalue weighted by molar-refractivity contribution is 0.629. The molecular weight excluding hydrogens is 306 g/mol. The van der Waals surface area contributed by atoms with Crippen LogP contribution in [0.2, 0.25) is 10.0 Å². The lowest BCUT2D eigenvalue weighted by Gasteiger charge is -2.05. The minimum Gasteiger partial charge on any atom is -0.330 e. The fraction of sp³-hybridized carbons (Fsp3) is 0. The van der Waals surface area contributed by atoms with Crippen molar-refractivity contribution in [1.29, 1.82) is 0 Å². The molecule has 2 nitrogen and oxygen atoms in total.